The molecule has 0 saturated carbocycles. The number of H-pyrrole nitrogens is 1. The number of aryl methyl sites for hydroxylation is 3. The number of aromatic amines is 1. The van der Waals surface area contributed by atoms with Crippen molar-refractivity contribution in [2.24, 2.45) is 0 Å². The minimum Gasteiger partial charge on any atom is -0.382 e. The van der Waals surface area contributed by atoms with Crippen molar-refractivity contribution in [3.8, 4) is 0 Å². The van der Waals surface area contributed by atoms with Crippen LogP contribution in [0.15, 0.2) is 42.5 Å². The maximum atomic E-state index is 10.6. The monoisotopic (exact) mass is 265 g/mol. The van der Waals surface area contributed by atoms with Crippen molar-refractivity contribution < 1.29 is 5.11 Å². The van der Waals surface area contributed by atoms with Gasteiger partial charge in [-0.2, -0.15) is 0 Å². The molecule has 2 nitrogen and oxygen atoms in total. The van der Waals surface area contributed by atoms with Crippen LogP contribution in [0.5, 0.6) is 0 Å². The molecule has 0 fully saturated rings. The van der Waals surface area contributed by atoms with Crippen molar-refractivity contribution in [3.05, 3.63) is 70.4 Å². The zero-order valence-electron chi connectivity index (χ0n) is 12.1. The Morgan fingerprint density at radius 3 is 2.25 bits per heavy atom. The fraction of sp³-hybridized carbons (Fsp3) is 0.222. The molecule has 2 aromatic carbocycles. The largest absolute Gasteiger partial charge is 0.382 e. The molecule has 1 aromatic heterocycles. The van der Waals surface area contributed by atoms with E-state index < -0.39 is 6.10 Å². The second-order valence-corrected chi connectivity index (χ2v) is 5.53. The summed E-state index contributed by atoms with van der Waals surface area (Å²) in [5, 5.41) is 11.8. The Hall–Kier alpha value is -2.06. The summed E-state index contributed by atoms with van der Waals surface area (Å²) >= 11 is 0. The normalized spacial score (nSPS) is 12.8. The summed E-state index contributed by atoms with van der Waals surface area (Å²) in [5.41, 5.74) is 6.43. The Kier molecular flexibility index (Phi) is 3.11. The first-order valence-corrected chi connectivity index (χ1v) is 6.89. The molecule has 0 bridgehead atoms. The van der Waals surface area contributed by atoms with Crippen molar-refractivity contribution in [2.45, 2.75) is 26.9 Å². The maximum Gasteiger partial charge on any atom is 0.119 e. The van der Waals surface area contributed by atoms with Crippen LogP contribution in [0.1, 0.15) is 34.1 Å². The first-order chi connectivity index (χ1) is 9.56. The van der Waals surface area contributed by atoms with Gasteiger partial charge in [0.2, 0.25) is 0 Å². The number of benzene rings is 2. The zero-order valence-corrected chi connectivity index (χ0v) is 12.1. The van der Waals surface area contributed by atoms with E-state index in [-0.39, 0.29) is 0 Å². The Morgan fingerprint density at radius 2 is 1.55 bits per heavy atom. The lowest BCUT2D eigenvalue weighted by atomic mass is 10.0. The van der Waals surface area contributed by atoms with E-state index in [0.717, 1.165) is 22.3 Å². The fourth-order valence-electron chi connectivity index (χ4n) is 2.65. The van der Waals surface area contributed by atoms with Crippen LogP contribution in [0.25, 0.3) is 10.9 Å². The average molecular weight is 265 g/mol. The smallest absolute Gasteiger partial charge is 0.119 e. The lowest BCUT2D eigenvalue weighted by Crippen LogP contribution is -2.01. The van der Waals surface area contributed by atoms with Crippen LogP contribution in [0.2, 0.25) is 0 Å². The number of aliphatic hydroxyl groups excluding tert-OH is 1. The molecule has 0 spiro atoms. The summed E-state index contributed by atoms with van der Waals surface area (Å²) in [6, 6.07) is 14.3. The third kappa shape index (κ3) is 2.12. The molecule has 3 rings (SSSR count). The molecule has 0 unspecified atom stereocenters. The quantitative estimate of drug-likeness (QED) is 0.716. The molecular formula is C18H19NO. The first-order valence-electron chi connectivity index (χ1n) is 6.89. The third-order valence-corrected chi connectivity index (χ3v) is 3.92. The van der Waals surface area contributed by atoms with Gasteiger partial charge in [-0.05, 0) is 44.0 Å². The van der Waals surface area contributed by atoms with Crippen molar-refractivity contribution in [1.82, 2.24) is 4.98 Å². The molecule has 0 saturated heterocycles. The van der Waals surface area contributed by atoms with Gasteiger partial charge in [-0.25, -0.2) is 0 Å². The van der Waals surface area contributed by atoms with Gasteiger partial charge in [-0.15, -0.1) is 0 Å². The molecular weight excluding hydrogens is 246 g/mol. The highest BCUT2D eigenvalue weighted by Gasteiger charge is 2.17. The SMILES string of the molecule is Cc1ccc([C@@H](O)c2[nH]c3ccc(C)cc3c2C)cc1. The van der Waals surface area contributed by atoms with Gasteiger partial charge >= 0.3 is 0 Å². The minimum atomic E-state index is -0.608. The molecule has 2 heteroatoms. The summed E-state index contributed by atoms with van der Waals surface area (Å²) in [5.74, 6) is 0. The highest BCUT2D eigenvalue weighted by atomic mass is 16.3. The van der Waals surface area contributed by atoms with E-state index >= 15 is 0 Å². The summed E-state index contributed by atoms with van der Waals surface area (Å²) in [6.07, 6.45) is -0.608. The fourth-order valence-corrected chi connectivity index (χ4v) is 2.65. The molecule has 1 heterocycles. The van der Waals surface area contributed by atoms with Crippen molar-refractivity contribution >= 4 is 10.9 Å². The summed E-state index contributed by atoms with van der Waals surface area (Å²) in [7, 11) is 0. The Balaban J connectivity index is 2.09. The summed E-state index contributed by atoms with van der Waals surface area (Å²) in [6.45, 7) is 6.19. The van der Waals surface area contributed by atoms with Crippen LogP contribution in [0, 0.1) is 20.8 Å². The molecule has 0 aliphatic carbocycles. The van der Waals surface area contributed by atoms with Crippen molar-refractivity contribution in [2.75, 3.05) is 0 Å². The first kappa shape index (κ1) is 12.9. The number of hydrogen-bond acceptors (Lipinski definition) is 1. The second kappa shape index (κ2) is 4.80. The third-order valence-electron chi connectivity index (χ3n) is 3.92. The van der Waals surface area contributed by atoms with E-state index in [4.69, 9.17) is 0 Å². The highest BCUT2D eigenvalue weighted by molar-refractivity contribution is 5.85. The van der Waals surface area contributed by atoms with Crippen LogP contribution in [-0.4, -0.2) is 10.1 Å². The highest BCUT2D eigenvalue weighted by Crippen LogP contribution is 2.30. The molecule has 3 aromatic rings. The predicted molar refractivity (Wildman–Crippen MR) is 83.0 cm³/mol. The number of hydrogen-bond donors (Lipinski definition) is 2. The van der Waals surface area contributed by atoms with Crippen molar-refractivity contribution in [1.29, 1.82) is 0 Å². The van der Waals surface area contributed by atoms with Crippen LogP contribution >= 0.6 is 0 Å². The summed E-state index contributed by atoms with van der Waals surface area (Å²) in [4.78, 5) is 3.35. The van der Waals surface area contributed by atoms with Gasteiger partial charge < -0.3 is 10.1 Å². The maximum absolute atomic E-state index is 10.6. The van der Waals surface area contributed by atoms with Crippen LogP contribution < -0.4 is 0 Å². The van der Waals surface area contributed by atoms with Crippen LogP contribution in [-0.2, 0) is 0 Å². The Morgan fingerprint density at radius 1 is 0.900 bits per heavy atom. The molecule has 0 aliphatic rings. The molecule has 0 aliphatic heterocycles. The van der Waals surface area contributed by atoms with Crippen LogP contribution in [0.4, 0.5) is 0 Å². The molecule has 20 heavy (non-hydrogen) atoms. The number of fused-ring (bicyclic) bond motifs is 1. The van der Waals surface area contributed by atoms with E-state index in [1.165, 1.54) is 16.5 Å². The van der Waals surface area contributed by atoms with Gasteiger partial charge in [0.05, 0.1) is 5.69 Å². The molecule has 102 valence electrons. The van der Waals surface area contributed by atoms with Crippen molar-refractivity contribution in [3.63, 3.8) is 0 Å². The minimum absolute atomic E-state index is 0.608. The summed E-state index contributed by atoms with van der Waals surface area (Å²) < 4.78 is 0. The molecule has 0 amide bonds. The predicted octanol–water partition coefficient (Wildman–Crippen LogP) is 4.17. The lowest BCUT2D eigenvalue weighted by Gasteiger charge is -2.11. The van der Waals surface area contributed by atoms with Gasteiger partial charge in [0, 0.05) is 10.9 Å². The molecule has 2 N–H and O–H groups in total. The number of nitrogens with one attached hydrogen (secondary N) is 1. The molecule has 1 atom stereocenters. The van der Waals surface area contributed by atoms with E-state index in [0.29, 0.717) is 0 Å². The van der Waals surface area contributed by atoms with Gasteiger partial charge in [0.25, 0.3) is 0 Å². The zero-order chi connectivity index (χ0) is 14.3. The van der Waals surface area contributed by atoms with E-state index in [2.05, 4.69) is 37.0 Å². The van der Waals surface area contributed by atoms with Gasteiger partial charge in [0.15, 0.2) is 0 Å². The van der Waals surface area contributed by atoms with E-state index in [1.807, 2.05) is 31.2 Å². The Labute approximate surface area is 119 Å². The van der Waals surface area contributed by atoms with Crippen LogP contribution in [0.3, 0.4) is 0 Å². The lowest BCUT2D eigenvalue weighted by molar-refractivity contribution is 0.215. The average Bonchev–Trinajstić information content (AvgIpc) is 2.76. The number of aliphatic hydroxyl groups is 1. The van der Waals surface area contributed by atoms with Gasteiger partial charge in [-0.1, -0.05) is 41.5 Å². The number of aromatic nitrogens is 1. The number of rotatable bonds is 2. The van der Waals surface area contributed by atoms with E-state index in [1.54, 1.807) is 0 Å². The second-order valence-electron chi connectivity index (χ2n) is 5.53. The Bertz CT molecular complexity index is 753. The van der Waals surface area contributed by atoms with E-state index in [9.17, 15) is 5.11 Å². The van der Waals surface area contributed by atoms with Gasteiger partial charge in [-0.3, -0.25) is 0 Å². The standard InChI is InChI=1S/C18H19NO/c1-11-4-7-14(8-5-11)18(20)17-13(3)15-10-12(2)6-9-16(15)19-17/h4-10,18-20H,1-3H3/t18-/m1/s1. The van der Waals surface area contributed by atoms with Gasteiger partial charge in [0.1, 0.15) is 6.10 Å². The molecule has 0 radical (unpaired) electrons. The topological polar surface area (TPSA) is 36.0 Å².